The lowest BCUT2D eigenvalue weighted by molar-refractivity contribution is 0.129. The Morgan fingerprint density at radius 2 is 1.84 bits per heavy atom. The quantitative estimate of drug-likeness (QED) is 0.170. The molecule has 1 atom stereocenters. The topological polar surface area (TPSA) is 68.7 Å². The van der Waals surface area contributed by atoms with Gasteiger partial charge in [0.25, 0.3) is 0 Å². The summed E-state index contributed by atoms with van der Waals surface area (Å²) in [6, 6.07) is 12.3. The molecule has 2 aromatic carbocycles. The van der Waals surface area contributed by atoms with Gasteiger partial charge in [-0.05, 0) is 78.7 Å². The summed E-state index contributed by atoms with van der Waals surface area (Å²) in [6.07, 6.45) is 9.11. The fraction of sp³-hybridized carbons (Fsp3) is 0.500. The molecule has 0 amide bonds. The van der Waals surface area contributed by atoms with E-state index in [9.17, 15) is 13.9 Å². The Labute approximate surface area is 220 Å². The largest absolute Gasteiger partial charge is 0.392 e. The highest BCUT2D eigenvalue weighted by molar-refractivity contribution is 5.97. The molecule has 1 unspecified atom stereocenters. The minimum absolute atomic E-state index is 0.0129. The number of halogens is 2. The molecule has 1 fully saturated rings. The molecule has 2 aromatic rings. The van der Waals surface area contributed by atoms with E-state index in [0.29, 0.717) is 30.8 Å². The minimum atomic E-state index is -0.655. The summed E-state index contributed by atoms with van der Waals surface area (Å²) in [4.78, 5) is 4.70. The number of hydrogen-bond donors (Lipinski definition) is 4. The van der Waals surface area contributed by atoms with Crippen LogP contribution >= 0.6 is 0 Å². The van der Waals surface area contributed by atoms with Gasteiger partial charge in [-0.25, -0.2) is 14.2 Å². The van der Waals surface area contributed by atoms with Crippen LogP contribution in [0.3, 0.4) is 0 Å². The molecule has 37 heavy (non-hydrogen) atoms. The maximum Gasteiger partial charge on any atom is 0.188 e. The number of aryl methyl sites for hydroxylation is 1. The predicted molar refractivity (Wildman–Crippen MR) is 146 cm³/mol. The summed E-state index contributed by atoms with van der Waals surface area (Å²) in [5, 5.41) is 14.5. The van der Waals surface area contributed by atoms with Crippen LogP contribution in [-0.2, 0) is 17.4 Å². The summed E-state index contributed by atoms with van der Waals surface area (Å²) in [7, 11) is 1.75. The molecular weight excluding hydrogens is 470 g/mol. The molecule has 0 spiro atoms. The molecule has 1 aliphatic rings. The zero-order valence-electron chi connectivity index (χ0n) is 22.4. The second kappa shape index (κ2) is 12.6. The first-order valence-electron chi connectivity index (χ1n) is 13.0. The monoisotopic (exact) mass is 510 g/mol. The Morgan fingerprint density at radius 3 is 2.43 bits per heavy atom. The van der Waals surface area contributed by atoms with Gasteiger partial charge in [-0.3, -0.25) is 10.4 Å². The van der Waals surface area contributed by atoms with Gasteiger partial charge in [-0.2, -0.15) is 0 Å². The number of aliphatic hydroxyl groups is 1. The summed E-state index contributed by atoms with van der Waals surface area (Å²) in [6.45, 7) is 6.98. The number of terminal acetylenes is 1. The zero-order chi connectivity index (χ0) is 27.1. The molecule has 0 saturated heterocycles. The molecule has 1 saturated carbocycles. The molecule has 0 aromatic heterocycles. The zero-order valence-corrected chi connectivity index (χ0v) is 22.4. The van der Waals surface area contributed by atoms with E-state index in [2.05, 4.69) is 67.1 Å². The van der Waals surface area contributed by atoms with E-state index in [4.69, 9.17) is 11.4 Å². The third-order valence-electron chi connectivity index (χ3n) is 7.15. The Bertz CT molecular complexity index is 1090. The first kappa shape index (κ1) is 28.8. The van der Waals surface area contributed by atoms with Gasteiger partial charge in [0.15, 0.2) is 5.84 Å². The number of amidine groups is 1. The number of hydrogen-bond acceptors (Lipinski definition) is 4. The highest BCUT2D eigenvalue weighted by Gasteiger charge is 2.37. The lowest BCUT2D eigenvalue weighted by atomic mass is 9.73. The van der Waals surface area contributed by atoms with E-state index >= 15 is 0 Å². The maximum absolute atomic E-state index is 13.5. The van der Waals surface area contributed by atoms with Crippen LogP contribution in [0, 0.1) is 24.0 Å². The number of nitrogens with one attached hydrogen (secondary N) is 3. The molecule has 0 bridgehead atoms. The lowest BCUT2D eigenvalue weighted by Gasteiger charge is -2.42. The summed E-state index contributed by atoms with van der Waals surface area (Å²) >= 11 is 0. The summed E-state index contributed by atoms with van der Waals surface area (Å²) < 4.78 is 27.1. The van der Waals surface area contributed by atoms with Gasteiger partial charge in [0, 0.05) is 25.2 Å². The third-order valence-corrected chi connectivity index (χ3v) is 7.15. The molecular formula is C30H40F2N4O. The third kappa shape index (κ3) is 8.10. The fourth-order valence-electron chi connectivity index (χ4n) is 4.99. The Kier molecular flexibility index (Phi) is 9.83. The van der Waals surface area contributed by atoms with E-state index < -0.39 is 17.7 Å². The first-order valence-corrected chi connectivity index (χ1v) is 13.0. The fourth-order valence-corrected chi connectivity index (χ4v) is 4.99. The molecule has 0 radical (unpaired) electrons. The molecule has 7 heteroatoms. The van der Waals surface area contributed by atoms with Crippen molar-refractivity contribution in [3.63, 3.8) is 0 Å². The highest BCUT2D eigenvalue weighted by Crippen LogP contribution is 2.39. The van der Waals surface area contributed by atoms with Crippen molar-refractivity contribution in [3.05, 3.63) is 70.8 Å². The minimum Gasteiger partial charge on any atom is -0.392 e. The molecule has 4 N–H and O–H groups in total. The summed E-state index contributed by atoms with van der Waals surface area (Å²) in [5.41, 5.74) is 8.43. The van der Waals surface area contributed by atoms with Crippen LogP contribution in [0.4, 0.5) is 8.78 Å². The molecule has 0 aliphatic heterocycles. The number of aliphatic hydroxyl groups excluding tert-OH is 1. The van der Waals surface area contributed by atoms with Crippen molar-refractivity contribution in [1.29, 1.82) is 0 Å². The van der Waals surface area contributed by atoms with Crippen molar-refractivity contribution in [2.75, 3.05) is 13.6 Å². The van der Waals surface area contributed by atoms with Crippen molar-refractivity contribution >= 4 is 5.84 Å². The standard InChI is InChI=1S/C30H40F2N4O/c1-6-28(36-33-5)35-26-12-14-30(15-13-26,23-9-7-8-22(18-23)29(2,3)4)34-20-27(37)11-10-21-16-24(31)19-25(32)17-21/h1,7-9,16-19,26-27,33-34,37H,10-15,20H2,2-5H3,(H,35,36). The average Bonchev–Trinajstić information content (AvgIpc) is 2.86. The molecule has 200 valence electrons. The van der Waals surface area contributed by atoms with Crippen LogP contribution in [0.25, 0.3) is 0 Å². The van der Waals surface area contributed by atoms with Crippen molar-refractivity contribution in [3.8, 4) is 12.3 Å². The predicted octanol–water partition coefficient (Wildman–Crippen LogP) is 4.74. The Hall–Kier alpha value is -2.79. The van der Waals surface area contributed by atoms with Crippen molar-refractivity contribution in [2.24, 2.45) is 4.99 Å². The van der Waals surface area contributed by atoms with E-state index in [1.54, 1.807) is 7.05 Å². The normalized spacial score (nSPS) is 21.4. The van der Waals surface area contributed by atoms with Gasteiger partial charge < -0.3 is 10.4 Å². The van der Waals surface area contributed by atoms with Crippen LogP contribution in [0.5, 0.6) is 0 Å². The highest BCUT2D eigenvalue weighted by atomic mass is 19.1. The second-order valence-corrected chi connectivity index (χ2v) is 11.0. The van der Waals surface area contributed by atoms with E-state index in [0.717, 1.165) is 31.7 Å². The van der Waals surface area contributed by atoms with Crippen LogP contribution in [0.1, 0.15) is 69.6 Å². The van der Waals surface area contributed by atoms with Gasteiger partial charge in [0.05, 0.1) is 12.1 Å². The van der Waals surface area contributed by atoms with Crippen molar-refractivity contribution in [1.82, 2.24) is 16.2 Å². The van der Waals surface area contributed by atoms with Crippen molar-refractivity contribution in [2.45, 2.75) is 82.4 Å². The molecule has 0 heterocycles. The van der Waals surface area contributed by atoms with Crippen molar-refractivity contribution < 1.29 is 13.9 Å². The Balaban J connectivity index is 1.75. The van der Waals surface area contributed by atoms with Gasteiger partial charge in [0.2, 0.25) is 0 Å². The maximum atomic E-state index is 13.5. The van der Waals surface area contributed by atoms with Crippen LogP contribution in [-0.4, -0.2) is 36.7 Å². The molecule has 3 rings (SSSR count). The number of nitrogens with zero attached hydrogens (tertiary/aromatic N) is 1. The first-order chi connectivity index (χ1) is 17.5. The van der Waals surface area contributed by atoms with Gasteiger partial charge >= 0.3 is 0 Å². The van der Waals surface area contributed by atoms with Crippen LogP contribution in [0.2, 0.25) is 0 Å². The van der Waals surface area contributed by atoms with Gasteiger partial charge in [-0.15, -0.1) is 6.42 Å². The second-order valence-electron chi connectivity index (χ2n) is 11.0. The van der Waals surface area contributed by atoms with E-state index in [1.807, 2.05) is 0 Å². The smallest absolute Gasteiger partial charge is 0.188 e. The summed E-state index contributed by atoms with van der Waals surface area (Å²) in [5.74, 6) is 1.88. The van der Waals surface area contributed by atoms with Crippen LogP contribution in [0.15, 0.2) is 47.5 Å². The van der Waals surface area contributed by atoms with E-state index in [-0.39, 0.29) is 17.0 Å². The molecule has 5 nitrogen and oxygen atoms in total. The SMILES string of the molecule is C#CC(=NC1CCC(NCC(O)CCc2cc(F)cc(F)c2)(c2cccc(C(C)(C)C)c2)CC1)NNC. The van der Waals surface area contributed by atoms with E-state index in [1.165, 1.54) is 23.3 Å². The number of hydrazine groups is 1. The average molecular weight is 511 g/mol. The van der Waals surface area contributed by atoms with Gasteiger partial charge in [0.1, 0.15) is 11.6 Å². The number of rotatable bonds is 9. The van der Waals surface area contributed by atoms with Gasteiger partial charge in [-0.1, -0.05) is 45.0 Å². The number of aliphatic imine (C=N–C) groups is 1. The van der Waals surface area contributed by atoms with Crippen LogP contribution < -0.4 is 16.2 Å². The Morgan fingerprint density at radius 1 is 1.16 bits per heavy atom. The molecule has 1 aliphatic carbocycles. The number of benzene rings is 2. The lowest BCUT2D eigenvalue weighted by Crippen LogP contribution is -2.49.